The molecule has 76 heavy (non-hydrogen) atoms. The molecule has 7 aromatic rings. The summed E-state index contributed by atoms with van der Waals surface area (Å²) in [7, 11) is 0. The van der Waals surface area contributed by atoms with Crippen molar-refractivity contribution in [3.05, 3.63) is 195 Å². The number of hydrogen-bond acceptors (Lipinski definition) is 13. The second-order valence-electron chi connectivity index (χ2n) is 19.4. The number of para-hydroxylation sites is 2. The minimum Gasteiger partial charge on any atom is -0.491 e. The van der Waals surface area contributed by atoms with E-state index in [0.29, 0.717) is 53.7 Å². The number of carbonyl (C=O) groups excluding carboxylic acids is 4. The Morgan fingerprint density at radius 2 is 1.49 bits per heavy atom. The number of nitro benzene ring substituents is 1. The summed E-state index contributed by atoms with van der Waals surface area (Å²) in [6, 6.07) is 40.5. The average molecular weight is 1020 g/mol. The molecule has 1 spiro atoms. The molecule has 384 valence electrons. The van der Waals surface area contributed by atoms with E-state index < -0.39 is 64.4 Å². The predicted octanol–water partition coefficient (Wildman–Crippen LogP) is 8.56. The molecule has 6 aromatic carbocycles. The van der Waals surface area contributed by atoms with E-state index in [1.54, 1.807) is 52.0 Å². The second kappa shape index (κ2) is 21.3. The number of esters is 1. The Morgan fingerprint density at radius 3 is 2.22 bits per heavy atom. The highest BCUT2D eigenvalue weighted by Gasteiger charge is 2.76. The molecule has 4 aliphatic heterocycles. The number of likely N-dealkylation sites (tertiary alicyclic amines) is 1. The van der Waals surface area contributed by atoms with Crippen LogP contribution in [0.3, 0.4) is 0 Å². The predicted molar refractivity (Wildman–Crippen MR) is 278 cm³/mol. The summed E-state index contributed by atoms with van der Waals surface area (Å²) in [5, 5.41) is 30.3. The van der Waals surface area contributed by atoms with Crippen LogP contribution >= 0.6 is 0 Å². The summed E-state index contributed by atoms with van der Waals surface area (Å²) < 4.78 is 20.7. The lowest BCUT2D eigenvalue weighted by Crippen LogP contribution is -2.56. The van der Waals surface area contributed by atoms with Gasteiger partial charge in [-0.1, -0.05) is 127 Å². The van der Waals surface area contributed by atoms with Gasteiger partial charge in [0.25, 0.3) is 5.69 Å². The first-order valence-electron chi connectivity index (χ1n) is 25.5. The van der Waals surface area contributed by atoms with Crippen LogP contribution in [-0.4, -0.2) is 91.0 Å². The number of benzene rings is 6. The molecule has 0 unspecified atom stereocenters. The van der Waals surface area contributed by atoms with Gasteiger partial charge in [-0.05, 0) is 83.6 Å². The highest BCUT2D eigenvalue weighted by molar-refractivity contribution is 6.23. The number of nitro groups is 1. The van der Waals surface area contributed by atoms with Gasteiger partial charge in [-0.2, -0.15) is 0 Å². The molecule has 5 heterocycles. The number of cyclic esters (lactones) is 1. The number of hydrogen-bond donors (Lipinski definition) is 1. The van der Waals surface area contributed by atoms with Crippen molar-refractivity contribution in [3.63, 3.8) is 0 Å². The van der Waals surface area contributed by atoms with Crippen molar-refractivity contribution in [2.45, 2.75) is 74.9 Å². The minimum atomic E-state index is -2.12. The molecule has 1 aromatic heterocycles. The van der Waals surface area contributed by atoms with Gasteiger partial charge in [0.15, 0.2) is 0 Å². The Bertz CT molecular complexity index is 3390. The Labute approximate surface area is 437 Å². The summed E-state index contributed by atoms with van der Waals surface area (Å²) >= 11 is 0. The van der Waals surface area contributed by atoms with Crippen LogP contribution in [0.1, 0.15) is 83.7 Å². The summed E-state index contributed by atoms with van der Waals surface area (Å²) in [6.07, 6.45) is 2.12. The zero-order chi connectivity index (χ0) is 52.3. The third-order valence-electron chi connectivity index (χ3n) is 15.0. The number of amides is 3. The normalized spacial score (nSPS) is 22.2. The topological polar surface area (TPSA) is 200 Å². The van der Waals surface area contributed by atoms with E-state index >= 15 is 19.2 Å². The minimum absolute atomic E-state index is 0.111. The summed E-state index contributed by atoms with van der Waals surface area (Å²) in [5.41, 5.74) is 2.24. The van der Waals surface area contributed by atoms with Gasteiger partial charge >= 0.3 is 12.1 Å². The molecule has 3 amide bonds. The van der Waals surface area contributed by atoms with Crippen molar-refractivity contribution < 1.29 is 43.4 Å². The Balaban J connectivity index is 1.17. The number of fused-ring (bicyclic) bond motifs is 4. The Hall–Kier alpha value is -8.72. The van der Waals surface area contributed by atoms with Crippen molar-refractivity contribution in [3.8, 4) is 17.6 Å². The number of nitrogens with zero attached hydrogens (tertiary/aromatic N) is 7. The Kier molecular flexibility index (Phi) is 13.8. The van der Waals surface area contributed by atoms with E-state index in [4.69, 9.17) is 14.2 Å². The fourth-order valence-corrected chi connectivity index (χ4v) is 11.7. The molecule has 3 fully saturated rings. The summed E-state index contributed by atoms with van der Waals surface area (Å²) in [5.74, 6) is 3.23. The molecule has 4 aliphatic rings. The molecule has 0 aliphatic carbocycles. The van der Waals surface area contributed by atoms with Crippen LogP contribution in [0.5, 0.6) is 5.75 Å². The SMILES string of the molecule is O=C1O[C@H](c2ccccc2)[C@H](c2ccccc2)N2[C@H]1[C@@H](C(=O)N1CCCCCCC1)[C@]1(C(=O)N(C(=O)OCc3ccc([N+](=O)[O-])cc3)c3ccc(C#CCn4nnc5ccccc54)cc31)[C@H]2c1ccccc1OCCO. The number of anilines is 1. The smallest absolute Gasteiger partial charge is 0.421 e. The maximum atomic E-state index is 16.9. The molecular weight excluding hydrogens is 967 g/mol. The van der Waals surface area contributed by atoms with Gasteiger partial charge in [0.05, 0.1) is 40.7 Å². The van der Waals surface area contributed by atoms with E-state index in [-0.39, 0.29) is 49.1 Å². The van der Waals surface area contributed by atoms with E-state index in [2.05, 4.69) is 22.2 Å². The number of ether oxygens (including phenoxy) is 3. The number of aliphatic hydroxyl groups is 1. The zero-order valence-corrected chi connectivity index (χ0v) is 41.4. The average Bonchev–Trinajstić information content (AvgIpc) is 3.82. The van der Waals surface area contributed by atoms with E-state index in [9.17, 15) is 15.2 Å². The van der Waals surface area contributed by atoms with Gasteiger partial charge < -0.3 is 24.2 Å². The van der Waals surface area contributed by atoms with Gasteiger partial charge in [0.2, 0.25) is 11.8 Å². The molecular formula is C59H53N7O10. The number of imide groups is 1. The van der Waals surface area contributed by atoms with Gasteiger partial charge in [-0.25, -0.2) is 14.4 Å². The fourth-order valence-electron chi connectivity index (χ4n) is 11.7. The van der Waals surface area contributed by atoms with Crippen molar-refractivity contribution in [2.75, 3.05) is 31.2 Å². The van der Waals surface area contributed by atoms with Crippen LogP contribution in [0.2, 0.25) is 0 Å². The molecule has 17 nitrogen and oxygen atoms in total. The lowest BCUT2D eigenvalue weighted by Gasteiger charge is -2.46. The lowest BCUT2D eigenvalue weighted by molar-refractivity contribution is -0.384. The van der Waals surface area contributed by atoms with Crippen LogP contribution in [0.15, 0.2) is 152 Å². The molecule has 0 saturated carbocycles. The standard InChI is InChI=1S/C59H53N7O10/c67-35-36-74-49-25-13-10-22-44(49)54-59(50(55(68)62-32-14-2-1-3-15-33-62)52-56(69)76-53(42-20-8-5-9-21-42)51(65(52)54)41-18-6-4-7-19-41)45-37-39(17-16-34-63-48-24-12-11-23-46(48)60-61-63)28-31-47(45)64(57(59)70)58(71)75-38-40-26-29-43(30-27-40)66(72)73/h4-13,18-31,37,50-54,67H,1-3,14-15,32-36,38H2/t50-,51-,52-,53+,54+,59-/m0/s1. The van der Waals surface area contributed by atoms with Gasteiger partial charge in [-0.3, -0.25) is 29.4 Å². The summed E-state index contributed by atoms with van der Waals surface area (Å²) in [6.45, 7) is 0.0550. The van der Waals surface area contributed by atoms with E-state index in [1.807, 2.05) is 89.8 Å². The first-order chi connectivity index (χ1) is 37.2. The van der Waals surface area contributed by atoms with Gasteiger partial charge in [0, 0.05) is 36.3 Å². The van der Waals surface area contributed by atoms with Crippen LogP contribution in [0.25, 0.3) is 11.0 Å². The number of aromatic nitrogens is 3. The third kappa shape index (κ3) is 8.88. The molecule has 0 bridgehead atoms. The number of rotatable bonds is 11. The second-order valence-corrected chi connectivity index (χ2v) is 19.4. The van der Waals surface area contributed by atoms with E-state index in [0.717, 1.165) is 35.2 Å². The van der Waals surface area contributed by atoms with Crippen LogP contribution < -0.4 is 9.64 Å². The molecule has 0 radical (unpaired) electrons. The maximum Gasteiger partial charge on any atom is 0.421 e. The van der Waals surface area contributed by atoms with Crippen molar-refractivity contribution in [1.82, 2.24) is 24.8 Å². The van der Waals surface area contributed by atoms with Crippen molar-refractivity contribution >= 4 is 46.3 Å². The van der Waals surface area contributed by atoms with Crippen molar-refractivity contribution in [1.29, 1.82) is 0 Å². The lowest BCUT2D eigenvalue weighted by atomic mass is 9.64. The number of carbonyl (C=O) groups is 4. The third-order valence-corrected chi connectivity index (χ3v) is 15.0. The highest BCUT2D eigenvalue weighted by atomic mass is 16.6. The first kappa shape index (κ1) is 49.5. The maximum absolute atomic E-state index is 16.9. The molecule has 6 atom stereocenters. The number of aliphatic hydroxyl groups excluding tert-OH is 1. The monoisotopic (exact) mass is 1020 g/mol. The molecule has 11 rings (SSSR count). The zero-order valence-electron chi connectivity index (χ0n) is 41.4. The molecule has 17 heteroatoms. The van der Waals surface area contributed by atoms with Gasteiger partial charge in [0.1, 0.15) is 48.6 Å². The van der Waals surface area contributed by atoms with Gasteiger partial charge in [-0.15, -0.1) is 5.10 Å². The Morgan fingerprint density at radius 1 is 0.803 bits per heavy atom. The van der Waals surface area contributed by atoms with Crippen molar-refractivity contribution in [2.24, 2.45) is 5.92 Å². The fraction of sp³-hybridized carbons (Fsp3) is 0.288. The number of non-ortho nitro benzene ring substituents is 1. The molecule has 1 N–H and O–H groups in total. The van der Waals surface area contributed by atoms with E-state index in [1.165, 1.54) is 24.3 Å². The largest absolute Gasteiger partial charge is 0.491 e. The number of morpholine rings is 1. The highest BCUT2D eigenvalue weighted by Crippen LogP contribution is 2.67. The molecule has 3 saturated heterocycles. The van der Waals surface area contributed by atoms with Crippen LogP contribution in [-0.2, 0) is 42.4 Å². The summed E-state index contributed by atoms with van der Waals surface area (Å²) in [4.78, 5) is 79.8. The first-order valence-corrected chi connectivity index (χ1v) is 25.5. The van der Waals surface area contributed by atoms with Crippen LogP contribution in [0, 0.1) is 27.9 Å². The van der Waals surface area contributed by atoms with Crippen LogP contribution in [0.4, 0.5) is 16.2 Å². The quantitative estimate of drug-likeness (QED) is 0.0560.